The number of aliphatic hydroxyl groups excluding tert-OH is 1. The minimum atomic E-state index is -0.318. The van der Waals surface area contributed by atoms with Gasteiger partial charge < -0.3 is 10.4 Å². The van der Waals surface area contributed by atoms with Crippen LogP contribution in [0.3, 0.4) is 0 Å². The third kappa shape index (κ3) is 3.46. The van der Waals surface area contributed by atoms with Crippen LogP contribution in [0.15, 0.2) is 24.3 Å². The molecular weight excluding hydrogens is 268 g/mol. The molecule has 112 valence electrons. The number of aliphatic hydroxyl groups is 1. The summed E-state index contributed by atoms with van der Waals surface area (Å²) in [7, 11) is 0. The first-order valence-electron chi connectivity index (χ1n) is 7.14. The van der Waals surface area contributed by atoms with Crippen LogP contribution in [0.25, 0.3) is 5.69 Å². The summed E-state index contributed by atoms with van der Waals surface area (Å²) in [5.74, 6) is -0.308. The molecule has 0 unspecified atom stereocenters. The van der Waals surface area contributed by atoms with Gasteiger partial charge in [-0.1, -0.05) is 26.0 Å². The number of amides is 1. The third-order valence-electron chi connectivity index (χ3n) is 3.16. The van der Waals surface area contributed by atoms with E-state index in [1.54, 1.807) is 0 Å². The first-order valence-corrected chi connectivity index (χ1v) is 7.14. The summed E-state index contributed by atoms with van der Waals surface area (Å²) in [6.07, 6.45) is 1.80. The second-order valence-electron chi connectivity index (χ2n) is 4.72. The van der Waals surface area contributed by atoms with Crippen molar-refractivity contribution in [2.24, 2.45) is 0 Å². The second-order valence-corrected chi connectivity index (χ2v) is 4.72. The second kappa shape index (κ2) is 6.99. The predicted octanol–water partition coefficient (Wildman–Crippen LogP) is 1.46. The van der Waals surface area contributed by atoms with E-state index in [9.17, 15) is 9.90 Å². The maximum Gasteiger partial charge on any atom is 0.273 e. The van der Waals surface area contributed by atoms with Crippen LogP contribution in [0, 0.1) is 0 Å². The van der Waals surface area contributed by atoms with Crippen molar-refractivity contribution in [3.63, 3.8) is 0 Å². The topological polar surface area (TPSA) is 80.0 Å². The molecule has 1 aromatic heterocycles. The van der Waals surface area contributed by atoms with E-state index >= 15 is 0 Å². The van der Waals surface area contributed by atoms with E-state index in [4.69, 9.17) is 0 Å². The molecule has 2 rings (SSSR count). The van der Waals surface area contributed by atoms with Gasteiger partial charge in [0.15, 0.2) is 5.69 Å². The predicted molar refractivity (Wildman–Crippen MR) is 79.3 cm³/mol. The Morgan fingerprint density at radius 2 is 1.95 bits per heavy atom. The molecule has 0 aliphatic heterocycles. The van der Waals surface area contributed by atoms with E-state index < -0.39 is 0 Å². The van der Waals surface area contributed by atoms with Gasteiger partial charge in [0.1, 0.15) is 5.69 Å². The highest BCUT2D eigenvalue weighted by atomic mass is 16.3. The van der Waals surface area contributed by atoms with Gasteiger partial charge in [-0.15, -0.1) is 10.2 Å². The lowest BCUT2D eigenvalue weighted by molar-refractivity contribution is 0.0945. The maximum atomic E-state index is 12.0. The Hall–Kier alpha value is -2.21. The maximum absolute atomic E-state index is 12.0. The average Bonchev–Trinajstić information content (AvgIpc) is 2.97. The lowest BCUT2D eigenvalue weighted by Gasteiger charge is -2.01. The van der Waals surface area contributed by atoms with Crippen molar-refractivity contribution in [2.75, 3.05) is 6.54 Å². The standard InChI is InChI=1S/C15H20N4O2/c1-3-9-16-15(21)14-13(10-20)17-19(18-14)12-7-5-11(4-2)6-8-12/h5-8,20H,3-4,9-10H2,1-2H3,(H,16,21). The number of nitrogens with zero attached hydrogens (tertiary/aromatic N) is 3. The highest BCUT2D eigenvalue weighted by Crippen LogP contribution is 2.11. The molecule has 0 fully saturated rings. The van der Waals surface area contributed by atoms with Gasteiger partial charge in [0.2, 0.25) is 0 Å². The molecule has 0 bridgehead atoms. The van der Waals surface area contributed by atoms with E-state index in [0.29, 0.717) is 6.54 Å². The number of benzene rings is 1. The number of aryl methyl sites for hydroxylation is 1. The Kier molecular flexibility index (Phi) is 5.05. The van der Waals surface area contributed by atoms with Gasteiger partial charge in [-0.25, -0.2) is 0 Å². The molecule has 0 aliphatic rings. The fourth-order valence-corrected chi connectivity index (χ4v) is 1.92. The number of hydrogen-bond acceptors (Lipinski definition) is 4. The Morgan fingerprint density at radius 1 is 1.24 bits per heavy atom. The average molecular weight is 288 g/mol. The number of rotatable bonds is 6. The van der Waals surface area contributed by atoms with Crippen molar-refractivity contribution in [2.45, 2.75) is 33.3 Å². The van der Waals surface area contributed by atoms with E-state index in [2.05, 4.69) is 22.4 Å². The molecule has 6 heteroatoms. The van der Waals surface area contributed by atoms with E-state index in [1.807, 2.05) is 31.2 Å². The summed E-state index contributed by atoms with van der Waals surface area (Å²) in [4.78, 5) is 13.4. The SMILES string of the molecule is CCCNC(=O)c1nn(-c2ccc(CC)cc2)nc1CO. The van der Waals surface area contributed by atoms with Gasteiger partial charge in [-0.2, -0.15) is 4.80 Å². The number of nitrogens with one attached hydrogen (secondary N) is 1. The molecule has 0 atom stereocenters. The number of aromatic nitrogens is 3. The van der Waals surface area contributed by atoms with Crippen LogP contribution < -0.4 is 5.32 Å². The van der Waals surface area contributed by atoms with Crippen LogP contribution in [0.5, 0.6) is 0 Å². The van der Waals surface area contributed by atoms with Crippen LogP contribution in [0.1, 0.15) is 42.0 Å². The van der Waals surface area contributed by atoms with Crippen LogP contribution >= 0.6 is 0 Å². The molecule has 1 heterocycles. The molecule has 1 aromatic carbocycles. The fourth-order valence-electron chi connectivity index (χ4n) is 1.92. The van der Waals surface area contributed by atoms with Crippen molar-refractivity contribution in [3.8, 4) is 5.69 Å². The summed E-state index contributed by atoms with van der Waals surface area (Å²) < 4.78 is 0. The van der Waals surface area contributed by atoms with Crippen molar-refractivity contribution in [3.05, 3.63) is 41.2 Å². The van der Waals surface area contributed by atoms with Gasteiger partial charge in [-0.05, 0) is 30.5 Å². The fraction of sp³-hybridized carbons (Fsp3) is 0.400. The molecule has 0 aliphatic carbocycles. The lowest BCUT2D eigenvalue weighted by atomic mass is 10.2. The molecule has 21 heavy (non-hydrogen) atoms. The zero-order valence-electron chi connectivity index (χ0n) is 12.3. The summed E-state index contributed by atoms with van der Waals surface area (Å²) in [5, 5.41) is 20.5. The van der Waals surface area contributed by atoms with Crippen molar-refractivity contribution in [1.82, 2.24) is 20.3 Å². The number of hydrogen-bond donors (Lipinski definition) is 2. The van der Waals surface area contributed by atoms with Crippen LogP contribution in [-0.4, -0.2) is 32.6 Å². The van der Waals surface area contributed by atoms with Crippen molar-refractivity contribution < 1.29 is 9.90 Å². The summed E-state index contributed by atoms with van der Waals surface area (Å²) in [6, 6.07) is 7.78. The van der Waals surface area contributed by atoms with Gasteiger partial charge >= 0.3 is 0 Å². The van der Waals surface area contributed by atoms with Gasteiger partial charge in [0.05, 0.1) is 12.3 Å². The highest BCUT2D eigenvalue weighted by Gasteiger charge is 2.18. The Bertz CT molecular complexity index is 605. The molecule has 1 amide bonds. The monoisotopic (exact) mass is 288 g/mol. The van der Waals surface area contributed by atoms with Crippen LogP contribution in [-0.2, 0) is 13.0 Å². The molecule has 0 spiro atoms. The molecular formula is C15H20N4O2. The molecule has 2 aromatic rings. The first-order chi connectivity index (χ1) is 10.2. The number of carbonyl (C=O) groups is 1. The minimum Gasteiger partial charge on any atom is -0.390 e. The molecule has 6 nitrogen and oxygen atoms in total. The lowest BCUT2D eigenvalue weighted by Crippen LogP contribution is -2.25. The summed E-state index contributed by atoms with van der Waals surface area (Å²) >= 11 is 0. The smallest absolute Gasteiger partial charge is 0.273 e. The Balaban J connectivity index is 2.28. The zero-order valence-corrected chi connectivity index (χ0v) is 12.3. The van der Waals surface area contributed by atoms with Crippen molar-refractivity contribution in [1.29, 1.82) is 0 Å². The molecule has 0 saturated heterocycles. The van der Waals surface area contributed by atoms with Crippen LogP contribution in [0.4, 0.5) is 0 Å². The zero-order chi connectivity index (χ0) is 15.2. The number of carbonyl (C=O) groups excluding carboxylic acids is 1. The quantitative estimate of drug-likeness (QED) is 0.843. The Labute approximate surface area is 123 Å². The van der Waals surface area contributed by atoms with E-state index in [1.165, 1.54) is 10.4 Å². The third-order valence-corrected chi connectivity index (χ3v) is 3.16. The summed E-state index contributed by atoms with van der Waals surface area (Å²) in [5.41, 5.74) is 2.43. The van der Waals surface area contributed by atoms with E-state index in [0.717, 1.165) is 18.5 Å². The molecule has 0 saturated carbocycles. The molecule has 2 N–H and O–H groups in total. The Morgan fingerprint density at radius 3 is 2.52 bits per heavy atom. The largest absolute Gasteiger partial charge is 0.390 e. The minimum absolute atomic E-state index is 0.172. The van der Waals surface area contributed by atoms with Gasteiger partial charge in [0.25, 0.3) is 5.91 Å². The van der Waals surface area contributed by atoms with Crippen LogP contribution in [0.2, 0.25) is 0 Å². The highest BCUT2D eigenvalue weighted by molar-refractivity contribution is 5.93. The van der Waals surface area contributed by atoms with Gasteiger partial charge in [0, 0.05) is 6.54 Å². The first kappa shape index (κ1) is 15.2. The van der Waals surface area contributed by atoms with Crippen molar-refractivity contribution >= 4 is 5.91 Å². The van der Waals surface area contributed by atoms with Gasteiger partial charge in [-0.3, -0.25) is 4.79 Å². The normalized spacial score (nSPS) is 10.6. The molecule has 0 radical (unpaired) electrons. The summed E-state index contributed by atoms with van der Waals surface area (Å²) in [6.45, 7) is 4.31. The van der Waals surface area contributed by atoms with E-state index in [-0.39, 0.29) is 23.9 Å².